The maximum Gasteiger partial charge on any atom is 0.123 e. The van der Waals surface area contributed by atoms with Gasteiger partial charge in [-0.15, -0.1) is 11.6 Å². The molecule has 0 aliphatic rings. The minimum absolute atomic E-state index is 0.181. The molecule has 0 heterocycles. The van der Waals surface area contributed by atoms with Crippen LogP contribution in [0.3, 0.4) is 0 Å². The molecule has 2 heteroatoms. The van der Waals surface area contributed by atoms with Crippen molar-refractivity contribution in [1.29, 1.82) is 0 Å². The Bertz CT molecular complexity index is 268. The molecule has 1 rings (SSSR count). The fourth-order valence-electron chi connectivity index (χ4n) is 1.52. The van der Waals surface area contributed by atoms with E-state index in [1.807, 2.05) is 12.1 Å². The lowest BCUT2D eigenvalue weighted by Crippen LogP contribution is -2.12. The molecule has 0 aliphatic heterocycles. The third-order valence-corrected chi connectivity index (χ3v) is 3.22. The number of hydrogen-bond donors (Lipinski definition) is 0. The Morgan fingerprint density at radius 2 is 1.86 bits per heavy atom. The lowest BCUT2D eigenvalue weighted by molar-refractivity contribution is 0.530. The lowest BCUT2D eigenvalue weighted by Gasteiger charge is -2.16. The highest BCUT2D eigenvalue weighted by Gasteiger charge is 2.12. The first-order chi connectivity index (χ1) is 6.63. The van der Waals surface area contributed by atoms with Crippen molar-refractivity contribution >= 4 is 11.6 Å². The van der Waals surface area contributed by atoms with Crippen LogP contribution in [0.25, 0.3) is 0 Å². The molecule has 0 nitrogen and oxygen atoms in total. The molecule has 14 heavy (non-hydrogen) atoms. The molecule has 0 aromatic heterocycles. The van der Waals surface area contributed by atoms with Crippen molar-refractivity contribution in [2.75, 3.05) is 0 Å². The van der Waals surface area contributed by atoms with Crippen LogP contribution in [0.4, 0.5) is 4.39 Å². The van der Waals surface area contributed by atoms with Gasteiger partial charge in [0.2, 0.25) is 0 Å². The van der Waals surface area contributed by atoms with E-state index < -0.39 is 0 Å². The van der Waals surface area contributed by atoms with E-state index in [0.717, 1.165) is 18.4 Å². The molecule has 1 aromatic carbocycles. The minimum Gasteiger partial charge on any atom is -0.207 e. The molecule has 0 fully saturated rings. The first kappa shape index (κ1) is 11.5. The van der Waals surface area contributed by atoms with Gasteiger partial charge >= 0.3 is 0 Å². The van der Waals surface area contributed by atoms with Crippen LogP contribution in [-0.4, -0.2) is 5.38 Å². The predicted molar refractivity (Wildman–Crippen MR) is 59.2 cm³/mol. The maximum atomic E-state index is 12.6. The summed E-state index contributed by atoms with van der Waals surface area (Å²) in [4.78, 5) is 0. The average molecular weight is 215 g/mol. The molecule has 2 atom stereocenters. The summed E-state index contributed by atoms with van der Waals surface area (Å²) in [6.07, 6.45) is 1.90. The van der Waals surface area contributed by atoms with Crippen molar-refractivity contribution in [3.63, 3.8) is 0 Å². The van der Waals surface area contributed by atoms with Gasteiger partial charge in [-0.2, -0.15) is 0 Å². The molecule has 0 radical (unpaired) electrons. The van der Waals surface area contributed by atoms with E-state index >= 15 is 0 Å². The van der Waals surface area contributed by atoms with Crippen LogP contribution in [0.1, 0.15) is 25.8 Å². The molecule has 0 aliphatic carbocycles. The van der Waals surface area contributed by atoms with Crippen LogP contribution in [0.15, 0.2) is 24.3 Å². The van der Waals surface area contributed by atoms with Crippen LogP contribution in [0.5, 0.6) is 0 Å². The Morgan fingerprint density at radius 1 is 1.29 bits per heavy atom. The highest BCUT2D eigenvalue weighted by atomic mass is 35.5. The molecule has 0 spiro atoms. The zero-order valence-corrected chi connectivity index (χ0v) is 9.39. The number of alkyl halides is 1. The third kappa shape index (κ3) is 3.30. The first-order valence-electron chi connectivity index (χ1n) is 5.02. The number of rotatable bonds is 4. The van der Waals surface area contributed by atoms with Crippen LogP contribution >= 0.6 is 11.6 Å². The van der Waals surface area contributed by atoms with E-state index in [9.17, 15) is 4.39 Å². The summed E-state index contributed by atoms with van der Waals surface area (Å²) in [6, 6.07) is 6.64. The molecule has 1 aromatic rings. The van der Waals surface area contributed by atoms with E-state index in [4.69, 9.17) is 11.6 Å². The Kier molecular flexibility index (Phi) is 4.40. The highest BCUT2D eigenvalue weighted by Crippen LogP contribution is 2.19. The van der Waals surface area contributed by atoms with Crippen LogP contribution < -0.4 is 0 Å². The standard InChI is InChI=1S/C12H16ClF/c1-3-12(13)9(2)8-10-4-6-11(14)7-5-10/h4-7,9,12H,3,8H2,1-2H3. The third-order valence-electron chi connectivity index (χ3n) is 2.48. The number of benzene rings is 1. The molecular weight excluding hydrogens is 199 g/mol. The van der Waals surface area contributed by atoms with Crippen molar-refractivity contribution in [2.24, 2.45) is 5.92 Å². The SMILES string of the molecule is CCC(Cl)C(C)Cc1ccc(F)cc1. The van der Waals surface area contributed by atoms with Crippen molar-refractivity contribution in [3.8, 4) is 0 Å². The summed E-state index contributed by atoms with van der Waals surface area (Å²) in [6.45, 7) is 4.21. The van der Waals surface area contributed by atoms with E-state index in [1.165, 1.54) is 12.1 Å². The highest BCUT2D eigenvalue weighted by molar-refractivity contribution is 6.20. The molecule has 0 saturated carbocycles. The van der Waals surface area contributed by atoms with Gasteiger partial charge in [0.1, 0.15) is 5.82 Å². The van der Waals surface area contributed by atoms with Gasteiger partial charge in [0, 0.05) is 5.38 Å². The fraction of sp³-hybridized carbons (Fsp3) is 0.500. The van der Waals surface area contributed by atoms with E-state index in [1.54, 1.807) is 0 Å². The minimum atomic E-state index is -0.181. The average Bonchev–Trinajstić information content (AvgIpc) is 2.20. The largest absolute Gasteiger partial charge is 0.207 e. The van der Waals surface area contributed by atoms with Gasteiger partial charge in [-0.1, -0.05) is 26.0 Å². The fourth-order valence-corrected chi connectivity index (χ4v) is 1.61. The van der Waals surface area contributed by atoms with Gasteiger partial charge in [0.25, 0.3) is 0 Å². The Balaban J connectivity index is 2.56. The van der Waals surface area contributed by atoms with Gasteiger partial charge < -0.3 is 0 Å². The normalized spacial score (nSPS) is 15.1. The van der Waals surface area contributed by atoms with Crippen molar-refractivity contribution in [1.82, 2.24) is 0 Å². The smallest absolute Gasteiger partial charge is 0.123 e. The van der Waals surface area contributed by atoms with Gasteiger partial charge in [-0.05, 0) is 36.5 Å². The molecule has 0 bridgehead atoms. The molecule has 0 N–H and O–H groups in total. The zero-order valence-electron chi connectivity index (χ0n) is 8.63. The Morgan fingerprint density at radius 3 is 2.36 bits per heavy atom. The number of hydrogen-bond acceptors (Lipinski definition) is 0. The Hall–Kier alpha value is -0.560. The number of halogens is 2. The first-order valence-corrected chi connectivity index (χ1v) is 5.45. The summed E-state index contributed by atoms with van der Waals surface area (Å²) < 4.78 is 12.6. The molecule has 2 unspecified atom stereocenters. The maximum absolute atomic E-state index is 12.6. The quantitative estimate of drug-likeness (QED) is 0.665. The van der Waals surface area contributed by atoms with Crippen LogP contribution in [0, 0.1) is 11.7 Å². The molecule has 0 saturated heterocycles. The van der Waals surface area contributed by atoms with Gasteiger partial charge in [0.05, 0.1) is 0 Å². The topological polar surface area (TPSA) is 0 Å². The second-order valence-electron chi connectivity index (χ2n) is 3.73. The van der Waals surface area contributed by atoms with Crippen LogP contribution in [0.2, 0.25) is 0 Å². The summed E-state index contributed by atoms with van der Waals surface area (Å²) in [7, 11) is 0. The summed E-state index contributed by atoms with van der Waals surface area (Å²) in [5, 5.41) is 0.208. The van der Waals surface area contributed by atoms with Crippen molar-refractivity contribution in [2.45, 2.75) is 32.1 Å². The molecule has 78 valence electrons. The van der Waals surface area contributed by atoms with Gasteiger partial charge in [-0.3, -0.25) is 0 Å². The molecule has 0 amide bonds. The summed E-state index contributed by atoms with van der Waals surface area (Å²) in [5.41, 5.74) is 1.15. The van der Waals surface area contributed by atoms with Crippen molar-refractivity contribution in [3.05, 3.63) is 35.6 Å². The molecular formula is C12H16ClF. The monoisotopic (exact) mass is 214 g/mol. The van der Waals surface area contributed by atoms with Gasteiger partial charge in [-0.25, -0.2) is 4.39 Å². The van der Waals surface area contributed by atoms with Gasteiger partial charge in [0.15, 0.2) is 0 Å². The van der Waals surface area contributed by atoms with E-state index in [0.29, 0.717) is 5.92 Å². The second kappa shape index (κ2) is 5.35. The van der Waals surface area contributed by atoms with Crippen molar-refractivity contribution < 1.29 is 4.39 Å². The second-order valence-corrected chi connectivity index (χ2v) is 4.29. The van der Waals surface area contributed by atoms with Crippen LogP contribution in [-0.2, 0) is 6.42 Å². The summed E-state index contributed by atoms with van der Waals surface area (Å²) >= 11 is 6.12. The lowest BCUT2D eigenvalue weighted by atomic mass is 9.96. The van der Waals surface area contributed by atoms with E-state index in [-0.39, 0.29) is 11.2 Å². The zero-order chi connectivity index (χ0) is 10.6. The Labute approximate surface area is 90.1 Å². The summed E-state index contributed by atoms with van der Waals surface area (Å²) in [5.74, 6) is 0.256. The predicted octanol–water partition coefficient (Wildman–Crippen LogP) is 4.02. The van der Waals surface area contributed by atoms with E-state index in [2.05, 4.69) is 13.8 Å².